The molecular formula is C23H28N6O3. The van der Waals surface area contributed by atoms with Gasteiger partial charge in [0.2, 0.25) is 0 Å². The third-order valence-corrected chi connectivity index (χ3v) is 5.32. The Bertz CT molecular complexity index is 1110. The lowest BCUT2D eigenvalue weighted by molar-refractivity contribution is 0.102. The van der Waals surface area contributed by atoms with Crippen LogP contribution in [-0.2, 0) is 0 Å². The molecule has 1 fully saturated rings. The number of methoxy groups -OCH3 is 1. The van der Waals surface area contributed by atoms with Gasteiger partial charge in [-0.25, -0.2) is 9.97 Å². The standard InChI is InChI=1S/C23H28N6O3/c1-5-32-16-8-9-24-20(10-16)27-22(30)17-6-7-19(29-12-14(2)26-15(3)13-29)18-11-25-23(31-4)28-21(17)18/h6-11,14-15,26H,5,12-13H2,1-4H3,(H,24,27,30)/t14-,15-/m1/s1. The molecular weight excluding hydrogens is 408 g/mol. The summed E-state index contributed by atoms with van der Waals surface area (Å²) < 4.78 is 10.7. The van der Waals surface area contributed by atoms with Gasteiger partial charge in [0, 0.05) is 54.7 Å². The second-order valence-corrected chi connectivity index (χ2v) is 7.89. The molecule has 1 saturated heterocycles. The van der Waals surface area contributed by atoms with Crippen molar-refractivity contribution in [3.8, 4) is 11.8 Å². The number of nitrogens with one attached hydrogen (secondary N) is 2. The summed E-state index contributed by atoms with van der Waals surface area (Å²) >= 11 is 0. The molecule has 0 spiro atoms. The molecule has 9 nitrogen and oxygen atoms in total. The number of anilines is 2. The molecule has 0 saturated carbocycles. The van der Waals surface area contributed by atoms with Gasteiger partial charge in [0.05, 0.1) is 24.8 Å². The summed E-state index contributed by atoms with van der Waals surface area (Å²) in [6.07, 6.45) is 3.32. The third-order valence-electron chi connectivity index (χ3n) is 5.32. The minimum absolute atomic E-state index is 0.210. The highest BCUT2D eigenvalue weighted by molar-refractivity contribution is 6.13. The van der Waals surface area contributed by atoms with E-state index in [1.807, 2.05) is 13.0 Å². The van der Waals surface area contributed by atoms with Crippen molar-refractivity contribution >= 4 is 28.3 Å². The van der Waals surface area contributed by atoms with Gasteiger partial charge in [-0.15, -0.1) is 0 Å². The minimum Gasteiger partial charge on any atom is -0.494 e. The summed E-state index contributed by atoms with van der Waals surface area (Å²) in [7, 11) is 1.51. The molecule has 0 unspecified atom stereocenters. The maximum Gasteiger partial charge on any atom is 0.316 e. The largest absolute Gasteiger partial charge is 0.494 e. The van der Waals surface area contributed by atoms with Crippen molar-refractivity contribution in [2.24, 2.45) is 0 Å². The molecule has 168 valence electrons. The Morgan fingerprint density at radius 3 is 2.72 bits per heavy atom. The third kappa shape index (κ3) is 4.57. The first-order valence-electron chi connectivity index (χ1n) is 10.7. The van der Waals surface area contributed by atoms with Gasteiger partial charge in [0.25, 0.3) is 5.91 Å². The molecule has 3 aromatic rings. The van der Waals surface area contributed by atoms with Crippen molar-refractivity contribution in [1.82, 2.24) is 20.3 Å². The molecule has 2 N–H and O–H groups in total. The number of hydrogen-bond donors (Lipinski definition) is 2. The number of fused-ring (bicyclic) bond motifs is 1. The highest BCUT2D eigenvalue weighted by atomic mass is 16.5. The predicted octanol–water partition coefficient (Wildman–Crippen LogP) is 2.87. The number of piperazine rings is 1. The van der Waals surface area contributed by atoms with Gasteiger partial charge >= 0.3 is 6.01 Å². The number of pyridine rings is 1. The van der Waals surface area contributed by atoms with E-state index in [2.05, 4.69) is 44.3 Å². The van der Waals surface area contributed by atoms with E-state index in [0.717, 1.165) is 24.2 Å². The first-order valence-corrected chi connectivity index (χ1v) is 10.7. The van der Waals surface area contributed by atoms with Crippen molar-refractivity contribution < 1.29 is 14.3 Å². The van der Waals surface area contributed by atoms with E-state index in [0.29, 0.717) is 41.3 Å². The van der Waals surface area contributed by atoms with Crippen LogP contribution in [0.1, 0.15) is 31.1 Å². The summed E-state index contributed by atoms with van der Waals surface area (Å²) in [5.74, 6) is 0.735. The quantitative estimate of drug-likeness (QED) is 0.608. The summed E-state index contributed by atoms with van der Waals surface area (Å²) in [5, 5.41) is 7.19. The molecule has 1 aliphatic rings. The van der Waals surface area contributed by atoms with Gasteiger partial charge in [-0.3, -0.25) is 4.79 Å². The summed E-state index contributed by atoms with van der Waals surface area (Å²) in [4.78, 5) is 28.5. The maximum absolute atomic E-state index is 13.2. The van der Waals surface area contributed by atoms with E-state index in [4.69, 9.17) is 9.47 Å². The lowest BCUT2D eigenvalue weighted by atomic mass is 10.0. The molecule has 3 heterocycles. The highest BCUT2D eigenvalue weighted by Crippen LogP contribution is 2.31. The second-order valence-electron chi connectivity index (χ2n) is 7.89. The Labute approximate surface area is 187 Å². The zero-order chi connectivity index (χ0) is 22.7. The van der Waals surface area contributed by atoms with Gasteiger partial charge in [-0.05, 0) is 39.0 Å². The number of hydrogen-bond acceptors (Lipinski definition) is 8. The first-order chi connectivity index (χ1) is 15.5. The number of nitrogens with zero attached hydrogens (tertiary/aromatic N) is 4. The van der Waals surface area contributed by atoms with Gasteiger partial charge in [0.15, 0.2) is 0 Å². The molecule has 1 aromatic carbocycles. The zero-order valence-electron chi connectivity index (χ0n) is 18.8. The molecule has 4 rings (SSSR count). The van der Waals surface area contributed by atoms with E-state index < -0.39 is 0 Å². The lowest BCUT2D eigenvalue weighted by Gasteiger charge is -2.38. The van der Waals surface area contributed by atoms with Crippen LogP contribution in [0.3, 0.4) is 0 Å². The molecule has 0 radical (unpaired) electrons. The molecule has 1 amide bonds. The van der Waals surface area contributed by atoms with Crippen LogP contribution in [0.2, 0.25) is 0 Å². The van der Waals surface area contributed by atoms with Crippen LogP contribution in [0, 0.1) is 0 Å². The monoisotopic (exact) mass is 436 g/mol. The Morgan fingerprint density at radius 2 is 2.00 bits per heavy atom. The number of carbonyl (C=O) groups excluding carboxylic acids is 1. The molecule has 1 aliphatic heterocycles. The second kappa shape index (κ2) is 9.35. The number of aromatic nitrogens is 3. The summed E-state index contributed by atoms with van der Waals surface area (Å²) in [6, 6.07) is 8.10. The van der Waals surface area contributed by atoms with Crippen LogP contribution in [0.15, 0.2) is 36.7 Å². The smallest absolute Gasteiger partial charge is 0.316 e. The Kier molecular flexibility index (Phi) is 6.36. The number of benzene rings is 1. The van der Waals surface area contributed by atoms with Gasteiger partial charge in [-0.1, -0.05) is 0 Å². The van der Waals surface area contributed by atoms with Crippen molar-refractivity contribution in [3.63, 3.8) is 0 Å². The Morgan fingerprint density at radius 1 is 1.22 bits per heavy atom. The van der Waals surface area contributed by atoms with Crippen LogP contribution in [-0.4, -0.2) is 59.7 Å². The predicted molar refractivity (Wildman–Crippen MR) is 124 cm³/mol. The topological polar surface area (TPSA) is 102 Å². The average molecular weight is 437 g/mol. The number of ether oxygens (including phenoxy) is 2. The summed E-state index contributed by atoms with van der Waals surface area (Å²) in [6.45, 7) is 8.46. The van der Waals surface area contributed by atoms with Crippen LogP contribution in [0.4, 0.5) is 11.5 Å². The maximum atomic E-state index is 13.2. The van der Waals surface area contributed by atoms with Crippen LogP contribution in [0.5, 0.6) is 11.8 Å². The van der Waals surface area contributed by atoms with Crippen molar-refractivity contribution in [2.75, 3.05) is 37.0 Å². The van der Waals surface area contributed by atoms with Gasteiger partial charge < -0.3 is 25.0 Å². The number of rotatable bonds is 6. The summed E-state index contributed by atoms with van der Waals surface area (Å²) in [5.41, 5.74) is 1.95. The van der Waals surface area contributed by atoms with E-state index in [-0.39, 0.29) is 11.9 Å². The van der Waals surface area contributed by atoms with E-state index in [1.165, 1.54) is 7.11 Å². The van der Waals surface area contributed by atoms with Crippen LogP contribution >= 0.6 is 0 Å². The molecule has 2 aromatic heterocycles. The zero-order valence-corrected chi connectivity index (χ0v) is 18.8. The molecule has 9 heteroatoms. The Hall–Kier alpha value is -3.46. The Balaban J connectivity index is 1.71. The van der Waals surface area contributed by atoms with Gasteiger partial charge in [-0.2, -0.15) is 4.98 Å². The fourth-order valence-electron chi connectivity index (χ4n) is 4.09. The normalized spacial score (nSPS) is 18.4. The minimum atomic E-state index is -0.314. The van der Waals surface area contributed by atoms with Crippen molar-refractivity contribution in [2.45, 2.75) is 32.9 Å². The van der Waals surface area contributed by atoms with Crippen molar-refractivity contribution in [1.29, 1.82) is 0 Å². The molecule has 32 heavy (non-hydrogen) atoms. The fourth-order valence-corrected chi connectivity index (χ4v) is 4.09. The lowest BCUT2D eigenvalue weighted by Crippen LogP contribution is -2.54. The van der Waals surface area contributed by atoms with E-state index in [9.17, 15) is 4.79 Å². The van der Waals surface area contributed by atoms with Crippen LogP contribution in [0.25, 0.3) is 10.9 Å². The van der Waals surface area contributed by atoms with E-state index >= 15 is 0 Å². The fraction of sp³-hybridized carbons (Fsp3) is 0.391. The SMILES string of the molecule is CCOc1ccnc(NC(=O)c2ccc(N3C[C@@H](C)N[C@H](C)C3)c3cnc(OC)nc23)c1. The average Bonchev–Trinajstić information content (AvgIpc) is 2.77. The van der Waals surface area contributed by atoms with Gasteiger partial charge in [0.1, 0.15) is 11.6 Å². The van der Waals surface area contributed by atoms with Crippen LogP contribution < -0.4 is 25.0 Å². The van der Waals surface area contributed by atoms with E-state index in [1.54, 1.807) is 30.6 Å². The molecule has 0 aliphatic carbocycles. The molecule has 0 bridgehead atoms. The van der Waals surface area contributed by atoms with Crippen molar-refractivity contribution in [3.05, 3.63) is 42.2 Å². The first kappa shape index (κ1) is 21.8. The molecule has 2 atom stereocenters. The highest BCUT2D eigenvalue weighted by Gasteiger charge is 2.24. The number of carbonyl (C=O) groups is 1. The number of amides is 1.